The Bertz CT molecular complexity index is 269. The Balaban J connectivity index is 2.77. The number of hydrogen-bond acceptors (Lipinski definition) is 3. The Kier molecular flexibility index (Phi) is 3.91. The third-order valence-electron chi connectivity index (χ3n) is 2.76. The van der Waals surface area contributed by atoms with Crippen LogP contribution in [0.2, 0.25) is 0 Å². The van der Waals surface area contributed by atoms with Crippen LogP contribution in [0.1, 0.15) is 33.6 Å². The van der Waals surface area contributed by atoms with Crippen LogP contribution in [0.3, 0.4) is 0 Å². The first kappa shape index (κ1) is 12.2. The van der Waals surface area contributed by atoms with E-state index in [4.69, 9.17) is 4.74 Å². The first-order chi connectivity index (χ1) is 6.94. The fourth-order valence-electron chi connectivity index (χ4n) is 2.15. The lowest BCUT2D eigenvalue weighted by Crippen LogP contribution is -2.42. The molecule has 0 aromatic carbocycles. The van der Waals surface area contributed by atoms with E-state index in [0.29, 0.717) is 0 Å². The first-order valence-electron chi connectivity index (χ1n) is 5.44. The van der Waals surface area contributed by atoms with Gasteiger partial charge in [0.25, 0.3) is 0 Å². The van der Waals surface area contributed by atoms with Gasteiger partial charge in [-0.1, -0.05) is 25.5 Å². The quantitative estimate of drug-likeness (QED) is 0.531. The van der Waals surface area contributed by atoms with E-state index in [-0.39, 0.29) is 17.4 Å². The fraction of sp³-hybridized carbons (Fsp3) is 0.750. The van der Waals surface area contributed by atoms with Crippen molar-refractivity contribution in [3.63, 3.8) is 0 Å². The van der Waals surface area contributed by atoms with Crippen molar-refractivity contribution in [2.45, 2.75) is 39.7 Å². The molecule has 1 heterocycles. The number of hydrogen-bond donors (Lipinski definition) is 1. The summed E-state index contributed by atoms with van der Waals surface area (Å²) in [6.07, 6.45) is 4.05. The van der Waals surface area contributed by atoms with E-state index in [1.807, 2.05) is 0 Å². The van der Waals surface area contributed by atoms with Crippen LogP contribution in [0.25, 0.3) is 0 Å². The molecule has 0 spiro atoms. The van der Waals surface area contributed by atoms with E-state index in [2.05, 4.69) is 32.2 Å². The van der Waals surface area contributed by atoms with Crippen LogP contribution >= 0.6 is 0 Å². The molecule has 15 heavy (non-hydrogen) atoms. The molecule has 1 unspecified atom stereocenters. The van der Waals surface area contributed by atoms with Gasteiger partial charge in [-0.25, -0.2) is 0 Å². The van der Waals surface area contributed by atoms with Crippen molar-refractivity contribution in [2.75, 3.05) is 13.7 Å². The summed E-state index contributed by atoms with van der Waals surface area (Å²) < 4.78 is 4.78. The SMILES string of the molecule is COC(=O)C1CC(C)(C)/C=C(\C)CCN1. The van der Waals surface area contributed by atoms with Gasteiger partial charge in [-0.05, 0) is 31.7 Å². The Labute approximate surface area is 91.9 Å². The molecule has 0 radical (unpaired) electrons. The van der Waals surface area contributed by atoms with E-state index < -0.39 is 0 Å². The van der Waals surface area contributed by atoms with Gasteiger partial charge < -0.3 is 10.1 Å². The van der Waals surface area contributed by atoms with Crippen LogP contribution in [0.5, 0.6) is 0 Å². The number of nitrogens with one attached hydrogen (secondary N) is 1. The van der Waals surface area contributed by atoms with Crippen molar-refractivity contribution >= 4 is 5.97 Å². The average Bonchev–Trinajstić information content (AvgIpc) is 2.11. The highest BCUT2D eigenvalue weighted by Crippen LogP contribution is 2.28. The highest BCUT2D eigenvalue weighted by Gasteiger charge is 2.28. The lowest BCUT2D eigenvalue weighted by Gasteiger charge is -2.29. The van der Waals surface area contributed by atoms with Crippen LogP contribution in [-0.4, -0.2) is 25.7 Å². The number of allylic oxidation sites excluding steroid dienone is 1. The largest absolute Gasteiger partial charge is 0.468 e. The zero-order valence-corrected chi connectivity index (χ0v) is 10.1. The molecule has 0 bridgehead atoms. The maximum absolute atomic E-state index is 11.5. The molecule has 0 saturated heterocycles. The molecule has 1 aliphatic rings. The van der Waals surface area contributed by atoms with Crippen molar-refractivity contribution < 1.29 is 9.53 Å². The van der Waals surface area contributed by atoms with Crippen LogP contribution in [-0.2, 0) is 9.53 Å². The molecular formula is C12H21NO2. The summed E-state index contributed by atoms with van der Waals surface area (Å²) in [6, 6.07) is -0.172. The number of carbonyl (C=O) groups excluding carboxylic acids is 1. The van der Waals surface area contributed by atoms with Crippen molar-refractivity contribution in [1.82, 2.24) is 5.32 Å². The van der Waals surface area contributed by atoms with Crippen molar-refractivity contribution in [1.29, 1.82) is 0 Å². The van der Waals surface area contributed by atoms with Gasteiger partial charge in [0.05, 0.1) is 7.11 Å². The minimum absolute atomic E-state index is 0.0519. The van der Waals surface area contributed by atoms with Crippen molar-refractivity contribution in [3.05, 3.63) is 11.6 Å². The summed E-state index contributed by atoms with van der Waals surface area (Å²) in [5.41, 5.74) is 1.44. The number of methoxy groups -OCH3 is 1. The van der Waals surface area contributed by atoms with Gasteiger partial charge in [0.1, 0.15) is 6.04 Å². The van der Waals surface area contributed by atoms with Crippen LogP contribution in [0, 0.1) is 5.41 Å². The van der Waals surface area contributed by atoms with Gasteiger partial charge in [-0.2, -0.15) is 0 Å². The van der Waals surface area contributed by atoms with Crippen LogP contribution in [0.4, 0.5) is 0 Å². The van der Waals surface area contributed by atoms with Crippen LogP contribution < -0.4 is 5.32 Å². The summed E-state index contributed by atoms with van der Waals surface area (Å²) in [6.45, 7) is 7.29. The van der Waals surface area contributed by atoms with Gasteiger partial charge in [0, 0.05) is 0 Å². The molecule has 0 fully saturated rings. The Hall–Kier alpha value is -0.830. The smallest absolute Gasteiger partial charge is 0.322 e. The maximum atomic E-state index is 11.5. The lowest BCUT2D eigenvalue weighted by molar-refractivity contribution is -0.143. The molecule has 0 saturated carbocycles. The Morgan fingerprint density at radius 2 is 2.27 bits per heavy atom. The predicted octanol–water partition coefficient (Wildman–Crippen LogP) is 1.88. The highest BCUT2D eigenvalue weighted by atomic mass is 16.5. The summed E-state index contributed by atoms with van der Waals surface area (Å²) in [5.74, 6) is -0.156. The summed E-state index contributed by atoms with van der Waals surface area (Å²) >= 11 is 0. The third kappa shape index (κ3) is 3.67. The van der Waals surface area contributed by atoms with Crippen molar-refractivity contribution in [2.24, 2.45) is 5.41 Å². The predicted molar refractivity (Wildman–Crippen MR) is 60.6 cm³/mol. The first-order valence-corrected chi connectivity index (χ1v) is 5.44. The summed E-state index contributed by atoms with van der Waals surface area (Å²) in [7, 11) is 1.44. The van der Waals surface area contributed by atoms with E-state index in [0.717, 1.165) is 19.4 Å². The van der Waals surface area contributed by atoms with E-state index >= 15 is 0 Å². The molecule has 0 aliphatic carbocycles. The van der Waals surface area contributed by atoms with Gasteiger partial charge >= 0.3 is 5.97 Å². The molecule has 3 nitrogen and oxygen atoms in total. The second kappa shape index (κ2) is 4.79. The molecule has 86 valence electrons. The number of carbonyl (C=O) groups is 1. The zero-order valence-electron chi connectivity index (χ0n) is 10.1. The minimum Gasteiger partial charge on any atom is -0.468 e. The van der Waals surface area contributed by atoms with Gasteiger partial charge in [0.2, 0.25) is 0 Å². The van der Waals surface area contributed by atoms with E-state index in [9.17, 15) is 4.79 Å². The molecule has 1 N–H and O–H groups in total. The topological polar surface area (TPSA) is 38.3 Å². The van der Waals surface area contributed by atoms with Gasteiger partial charge in [-0.3, -0.25) is 4.79 Å². The second-order valence-corrected chi connectivity index (χ2v) is 4.96. The standard InChI is InChI=1S/C12H21NO2/c1-9-5-6-13-10(11(14)15-4)8-12(2,3)7-9/h7,10,13H,5-6,8H2,1-4H3/b9-7+. The molecule has 3 heteroatoms. The Morgan fingerprint density at radius 1 is 1.60 bits per heavy atom. The number of esters is 1. The average molecular weight is 211 g/mol. The maximum Gasteiger partial charge on any atom is 0.322 e. The van der Waals surface area contributed by atoms with E-state index in [1.165, 1.54) is 12.7 Å². The van der Waals surface area contributed by atoms with Gasteiger partial charge in [0.15, 0.2) is 0 Å². The second-order valence-electron chi connectivity index (χ2n) is 4.96. The molecule has 0 aromatic rings. The molecule has 1 atom stereocenters. The fourth-order valence-corrected chi connectivity index (χ4v) is 2.15. The molecular weight excluding hydrogens is 190 g/mol. The number of rotatable bonds is 1. The monoisotopic (exact) mass is 211 g/mol. The molecule has 0 aromatic heterocycles. The molecule has 1 aliphatic heterocycles. The van der Waals surface area contributed by atoms with Crippen molar-refractivity contribution in [3.8, 4) is 0 Å². The number of ether oxygens (including phenoxy) is 1. The molecule has 0 amide bonds. The van der Waals surface area contributed by atoms with Crippen LogP contribution in [0.15, 0.2) is 11.6 Å². The third-order valence-corrected chi connectivity index (χ3v) is 2.76. The molecule has 1 rings (SSSR count). The highest BCUT2D eigenvalue weighted by molar-refractivity contribution is 5.75. The zero-order chi connectivity index (χ0) is 11.5. The summed E-state index contributed by atoms with van der Waals surface area (Å²) in [5, 5.41) is 3.24. The Morgan fingerprint density at radius 3 is 2.87 bits per heavy atom. The van der Waals surface area contributed by atoms with E-state index in [1.54, 1.807) is 0 Å². The minimum atomic E-state index is -0.172. The lowest BCUT2D eigenvalue weighted by atomic mass is 9.82. The summed E-state index contributed by atoms with van der Waals surface area (Å²) in [4.78, 5) is 11.5. The van der Waals surface area contributed by atoms with Gasteiger partial charge in [-0.15, -0.1) is 0 Å². The normalized spacial score (nSPS) is 29.6.